The lowest BCUT2D eigenvalue weighted by atomic mass is 9.87. The van der Waals surface area contributed by atoms with Crippen molar-refractivity contribution < 1.29 is 11.2 Å². The highest BCUT2D eigenvalue weighted by Gasteiger charge is 2.12. The minimum Gasteiger partial charge on any atom is -0.255 e. The third kappa shape index (κ3) is 43.9. The van der Waals surface area contributed by atoms with Crippen LogP contribution in [-0.4, -0.2) is 7.18 Å². The number of hydrogen-bond donors (Lipinski definition) is 0. The molecule has 434 valence electrons. The number of aryl methyl sites for hydroxylation is 13. The van der Waals surface area contributed by atoms with E-state index in [1.165, 1.54) is 103 Å². The molecule has 0 bridgehead atoms. The van der Waals surface area contributed by atoms with Gasteiger partial charge in [0.25, 0.3) is 0 Å². The summed E-state index contributed by atoms with van der Waals surface area (Å²) in [6.45, 7) is 45.5. The summed E-state index contributed by atoms with van der Waals surface area (Å²) in [5, 5.41) is 7.32. The van der Waals surface area contributed by atoms with Crippen LogP contribution in [0, 0.1) is 122 Å². The van der Waals surface area contributed by atoms with Gasteiger partial charge in [-0.2, -0.15) is 5.26 Å². The van der Waals surface area contributed by atoms with Crippen LogP contribution in [0.3, 0.4) is 0 Å². The minimum atomic E-state index is -0.337. The number of alkyl halides is 1. The average molecular weight is 1090 g/mol. The molecule has 0 spiro atoms. The lowest BCUT2D eigenvalue weighted by Crippen LogP contribution is -2.10. The van der Waals surface area contributed by atoms with E-state index < -0.39 is 0 Å². The Bertz CT molecular complexity index is 2870. The van der Waals surface area contributed by atoms with E-state index >= 15 is 0 Å². The number of hydrogen-bond acceptors (Lipinski definition) is 1. The number of halogens is 1. The second-order valence-corrected chi connectivity index (χ2v) is 20.4. The van der Waals surface area contributed by atoms with Gasteiger partial charge in [-0.1, -0.05) is 315 Å². The van der Waals surface area contributed by atoms with Crippen LogP contribution in [0.15, 0.2) is 224 Å². The van der Waals surface area contributed by atoms with E-state index in [0.29, 0.717) is 12.7 Å². The predicted molar refractivity (Wildman–Crippen MR) is 362 cm³/mol. The van der Waals surface area contributed by atoms with Gasteiger partial charge in [-0.3, -0.25) is 4.39 Å². The van der Waals surface area contributed by atoms with Crippen molar-refractivity contribution in [3.8, 4) is 6.07 Å². The van der Waals surface area contributed by atoms with Crippen LogP contribution >= 0.6 is 0 Å². The SMILES string of the molecule is CC.CC#N.CF.Cc1cc(C)c(C)c(C)c1.Cc1cc(C)cc(C)c1.Cc1ccc(C(C)(C)C)cc1.Cc1cccc(C)c1C.Cc1ccccc1.Cc1ccccc1.Cc1ccccc1.Cc1ccccc1.[2H]c1c([2H])c([2H])c(C)c([2H])c1[2H]. The molecule has 0 fully saturated rings. The molecule has 0 aliphatic heterocycles. The lowest BCUT2D eigenvalue weighted by molar-refractivity contribution is 0.590. The zero-order valence-corrected chi connectivity index (χ0v) is 54.3. The zero-order chi connectivity index (χ0) is 66.5. The molecular weight excluding hydrogens is 982 g/mol. The summed E-state index contributed by atoms with van der Waals surface area (Å²) >= 11 is 0. The van der Waals surface area contributed by atoms with E-state index in [1.807, 2.05) is 86.6 Å². The standard InChI is InChI=1S/C11H16.C10H14.2C9H12.5C7H8.C2H3N.C2H6.CH3F/c1-9-5-7-10(8-6-9)11(2,3)4;1-7-5-8(2)10(4)9(3)6-7;1-7-4-8(2)6-9(3)5-7;1-7-5-4-6-8(2)9(7)3;5*1-7-5-3-2-4-6-7;1-2-3;2*1-2/h5-8H,1-4H3;5-6H,1-4H3;2*4-6H,1-3H3;5*2-6H,1H3;1H3;1-2H3;1H3/i;;;;2D,3D,4D,5D,6D;;;;;;;. The van der Waals surface area contributed by atoms with Crippen LogP contribution in [0.5, 0.6) is 0 Å². The van der Waals surface area contributed by atoms with E-state index in [9.17, 15) is 4.39 Å². The fourth-order valence-electron chi connectivity index (χ4n) is 6.86. The van der Waals surface area contributed by atoms with Crippen LogP contribution in [0.25, 0.3) is 0 Å². The first-order valence-corrected chi connectivity index (χ1v) is 27.9. The van der Waals surface area contributed by atoms with E-state index in [2.05, 4.69) is 246 Å². The Morgan fingerprint density at radius 3 is 0.802 bits per heavy atom. The van der Waals surface area contributed by atoms with Gasteiger partial charge >= 0.3 is 0 Å². The molecule has 0 amide bonds. The summed E-state index contributed by atoms with van der Waals surface area (Å²) in [7, 11) is 0.500. The molecule has 0 aliphatic rings. The summed E-state index contributed by atoms with van der Waals surface area (Å²) in [6, 6.07) is 67.8. The minimum absolute atomic E-state index is 0.124. The molecule has 9 aromatic carbocycles. The number of nitriles is 1. The Balaban J connectivity index is -0.000000894. The van der Waals surface area contributed by atoms with Gasteiger partial charge in [-0.05, 0) is 155 Å². The van der Waals surface area contributed by atoms with Crippen LogP contribution in [0.4, 0.5) is 4.39 Å². The van der Waals surface area contributed by atoms with Crippen LogP contribution in [0.1, 0.15) is 143 Å². The van der Waals surface area contributed by atoms with E-state index in [0.717, 1.165) is 0 Å². The molecule has 0 saturated carbocycles. The predicted octanol–water partition coefficient (Wildman–Crippen LogP) is 23.6. The monoisotopic (exact) mass is 1090 g/mol. The Morgan fingerprint density at radius 1 is 0.321 bits per heavy atom. The summed E-state index contributed by atoms with van der Waals surface area (Å²) in [4.78, 5) is 0. The molecule has 81 heavy (non-hydrogen) atoms. The normalized spacial score (nSPS) is 9.84. The lowest BCUT2D eigenvalue weighted by Gasteiger charge is -2.18. The highest BCUT2D eigenvalue weighted by molar-refractivity contribution is 5.36. The molecule has 0 unspecified atom stereocenters. The van der Waals surface area contributed by atoms with Gasteiger partial charge in [0.2, 0.25) is 0 Å². The second-order valence-electron chi connectivity index (χ2n) is 20.4. The molecule has 0 heterocycles. The fraction of sp³-hybridized carbons (Fsp3) is 0.304. The third-order valence-corrected chi connectivity index (χ3v) is 11.6. The van der Waals surface area contributed by atoms with Gasteiger partial charge in [0.1, 0.15) is 0 Å². The van der Waals surface area contributed by atoms with E-state index in [-0.39, 0.29) is 35.6 Å². The molecule has 0 atom stereocenters. The van der Waals surface area contributed by atoms with Crippen molar-refractivity contribution in [2.45, 2.75) is 158 Å². The maximum absolute atomic E-state index is 9.50. The topological polar surface area (TPSA) is 23.8 Å². The Labute approximate surface area is 504 Å². The van der Waals surface area contributed by atoms with Crippen molar-refractivity contribution in [3.05, 3.63) is 319 Å². The highest BCUT2D eigenvalue weighted by atomic mass is 19.1. The van der Waals surface area contributed by atoms with Gasteiger partial charge in [0.05, 0.1) is 20.1 Å². The van der Waals surface area contributed by atoms with Crippen LogP contribution < -0.4 is 0 Å². The fourth-order valence-corrected chi connectivity index (χ4v) is 6.86. The van der Waals surface area contributed by atoms with Crippen molar-refractivity contribution in [1.82, 2.24) is 0 Å². The van der Waals surface area contributed by atoms with Crippen molar-refractivity contribution in [2.75, 3.05) is 7.18 Å². The van der Waals surface area contributed by atoms with Gasteiger partial charge in [0.15, 0.2) is 0 Å². The molecule has 0 saturated heterocycles. The molecule has 1 nitrogen and oxygen atoms in total. The zero-order valence-electron chi connectivity index (χ0n) is 59.3. The van der Waals surface area contributed by atoms with Crippen LogP contribution in [-0.2, 0) is 5.41 Å². The number of rotatable bonds is 0. The van der Waals surface area contributed by atoms with Crippen molar-refractivity contribution in [2.24, 2.45) is 0 Å². The number of nitrogens with zero attached hydrogens (tertiary/aromatic N) is 1. The molecule has 9 rings (SSSR count). The molecular formula is C79H106FN. The highest BCUT2D eigenvalue weighted by Crippen LogP contribution is 2.22. The Morgan fingerprint density at radius 2 is 0.568 bits per heavy atom. The summed E-state index contributed by atoms with van der Waals surface area (Å²) in [5.41, 5.74) is 22.4. The molecule has 0 aromatic heterocycles. The van der Waals surface area contributed by atoms with E-state index in [1.54, 1.807) is 6.07 Å². The Kier molecular flexibility index (Phi) is 40.4. The average Bonchev–Trinajstić information content (AvgIpc) is 2.86. The quantitative estimate of drug-likeness (QED) is 0.148. The van der Waals surface area contributed by atoms with Crippen LogP contribution in [0.2, 0.25) is 0 Å². The van der Waals surface area contributed by atoms with Crippen molar-refractivity contribution in [3.63, 3.8) is 0 Å². The maximum Gasteiger partial charge on any atom is 0.0785 e. The molecule has 2 heteroatoms. The Hall–Kier alpha value is -7.60. The largest absolute Gasteiger partial charge is 0.255 e. The molecule has 0 N–H and O–H groups in total. The maximum atomic E-state index is 9.50. The summed E-state index contributed by atoms with van der Waals surface area (Å²) < 4.78 is 45.8. The summed E-state index contributed by atoms with van der Waals surface area (Å²) in [5.74, 6) is 0. The first kappa shape index (κ1) is 67.7. The van der Waals surface area contributed by atoms with Crippen molar-refractivity contribution in [1.29, 1.82) is 5.26 Å². The molecule has 0 radical (unpaired) electrons. The van der Waals surface area contributed by atoms with Gasteiger partial charge in [-0.25, -0.2) is 0 Å². The van der Waals surface area contributed by atoms with Gasteiger partial charge < -0.3 is 0 Å². The second kappa shape index (κ2) is 48.3. The smallest absolute Gasteiger partial charge is 0.0785 e. The van der Waals surface area contributed by atoms with E-state index in [4.69, 9.17) is 12.1 Å². The molecule has 0 aliphatic carbocycles. The molecule has 9 aromatic rings. The first-order valence-electron chi connectivity index (χ1n) is 30.4. The number of benzene rings is 9. The van der Waals surface area contributed by atoms with Gasteiger partial charge in [0, 0.05) is 6.92 Å². The first-order chi connectivity index (χ1) is 40.5. The van der Waals surface area contributed by atoms with Gasteiger partial charge in [-0.15, -0.1) is 0 Å². The third-order valence-electron chi connectivity index (χ3n) is 11.6. The van der Waals surface area contributed by atoms with Crippen molar-refractivity contribution >= 4 is 0 Å². The summed E-state index contributed by atoms with van der Waals surface area (Å²) in [6.07, 6.45) is 0.